The molecule has 0 unspecified atom stereocenters. The van der Waals surface area contributed by atoms with E-state index in [-0.39, 0.29) is 18.4 Å². The van der Waals surface area contributed by atoms with Gasteiger partial charge in [-0.15, -0.1) is 0 Å². The average molecular weight is 351 g/mol. The summed E-state index contributed by atoms with van der Waals surface area (Å²) in [6, 6.07) is 10.2. The zero-order chi connectivity index (χ0) is 17.0. The zero-order valence-corrected chi connectivity index (χ0v) is 14.3. The SMILES string of the molecule is Cc1ccc(NC(=O)CNC(=O)c2ccc(Cl)c(Cl)c2)cc1C. The Morgan fingerprint density at radius 1 is 0.957 bits per heavy atom. The Labute approximate surface area is 144 Å². The number of nitrogens with one attached hydrogen (secondary N) is 2. The van der Waals surface area contributed by atoms with Crippen molar-refractivity contribution in [3.05, 3.63) is 63.1 Å². The van der Waals surface area contributed by atoms with Crippen molar-refractivity contribution in [3.63, 3.8) is 0 Å². The second-order valence-corrected chi connectivity index (χ2v) is 5.97. The molecule has 23 heavy (non-hydrogen) atoms. The minimum absolute atomic E-state index is 0.133. The smallest absolute Gasteiger partial charge is 0.251 e. The molecule has 0 aliphatic carbocycles. The number of hydrogen-bond donors (Lipinski definition) is 2. The van der Waals surface area contributed by atoms with Crippen LogP contribution >= 0.6 is 23.2 Å². The number of carbonyl (C=O) groups excluding carboxylic acids is 2. The molecule has 2 amide bonds. The van der Waals surface area contributed by atoms with E-state index in [9.17, 15) is 9.59 Å². The second-order valence-electron chi connectivity index (χ2n) is 5.16. The van der Waals surface area contributed by atoms with E-state index in [0.717, 1.165) is 11.1 Å². The second kappa shape index (κ2) is 7.49. The summed E-state index contributed by atoms with van der Waals surface area (Å²) in [5, 5.41) is 5.94. The van der Waals surface area contributed by atoms with Crippen LogP contribution in [-0.2, 0) is 4.79 Å². The molecule has 0 spiro atoms. The highest BCUT2D eigenvalue weighted by molar-refractivity contribution is 6.42. The fourth-order valence-corrected chi connectivity index (χ4v) is 2.22. The van der Waals surface area contributed by atoms with E-state index >= 15 is 0 Å². The summed E-state index contributed by atoms with van der Waals surface area (Å²) in [4.78, 5) is 23.9. The summed E-state index contributed by atoms with van der Waals surface area (Å²) >= 11 is 11.7. The molecule has 0 aliphatic rings. The zero-order valence-electron chi connectivity index (χ0n) is 12.7. The number of carbonyl (C=O) groups is 2. The number of benzene rings is 2. The van der Waals surface area contributed by atoms with Gasteiger partial charge in [0.15, 0.2) is 0 Å². The van der Waals surface area contributed by atoms with E-state index in [1.165, 1.54) is 12.1 Å². The lowest BCUT2D eigenvalue weighted by molar-refractivity contribution is -0.115. The van der Waals surface area contributed by atoms with Crippen molar-refractivity contribution < 1.29 is 9.59 Å². The largest absolute Gasteiger partial charge is 0.343 e. The van der Waals surface area contributed by atoms with Crippen LogP contribution < -0.4 is 10.6 Å². The molecule has 0 saturated carbocycles. The first-order chi connectivity index (χ1) is 10.9. The maximum Gasteiger partial charge on any atom is 0.251 e. The molecule has 4 nitrogen and oxygen atoms in total. The highest BCUT2D eigenvalue weighted by Crippen LogP contribution is 2.22. The predicted molar refractivity (Wildman–Crippen MR) is 93.3 cm³/mol. The lowest BCUT2D eigenvalue weighted by Crippen LogP contribution is -2.32. The Bertz CT molecular complexity index is 760. The minimum Gasteiger partial charge on any atom is -0.343 e. The number of anilines is 1. The molecule has 0 saturated heterocycles. The third-order valence-electron chi connectivity index (χ3n) is 3.38. The summed E-state index contributed by atoms with van der Waals surface area (Å²) in [5.41, 5.74) is 3.28. The summed E-state index contributed by atoms with van der Waals surface area (Å²) < 4.78 is 0. The van der Waals surface area contributed by atoms with E-state index in [1.807, 2.05) is 32.0 Å². The Hall–Kier alpha value is -2.04. The quantitative estimate of drug-likeness (QED) is 0.875. The van der Waals surface area contributed by atoms with E-state index in [0.29, 0.717) is 21.3 Å². The van der Waals surface area contributed by atoms with Gasteiger partial charge in [0.1, 0.15) is 0 Å². The van der Waals surface area contributed by atoms with Gasteiger partial charge in [-0.2, -0.15) is 0 Å². The number of hydrogen-bond acceptors (Lipinski definition) is 2. The minimum atomic E-state index is -0.390. The summed E-state index contributed by atoms with van der Waals surface area (Å²) in [7, 11) is 0. The van der Waals surface area contributed by atoms with Crippen LogP contribution in [0.3, 0.4) is 0 Å². The lowest BCUT2D eigenvalue weighted by atomic mass is 10.1. The van der Waals surface area contributed by atoms with Crippen molar-refractivity contribution >= 4 is 40.7 Å². The van der Waals surface area contributed by atoms with Crippen LogP contribution in [0.15, 0.2) is 36.4 Å². The molecule has 0 heterocycles. The van der Waals surface area contributed by atoms with Crippen LogP contribution in [-0.4, -0.2) is 18.4 Å². The van der Waals surface area contributed by atoms with Gasteiger partial charge in [0.2, 0.25) is 5.91 Å². The molecule has 6 heteroatoms. The average Bonchev–Trinajstić information content (AvgIpc) is 2.51. The first-order valence-electron chi connectivity index (χ1n) is 6.97. The first-order valence-corrected chi connectivity index (χ1v) is 7.73. The third-order valence-corrected chi connectivity index (χ3v) is 4.12. The standard InChI is InChI=1S/C17H16Cl2N2O2/c1-10-3-5-13(7-11(10)2)21-16(22)9-20-17(23)12-4-6-14(18)15(19)8-12/h3-8H,9H2,1-2H3,(H,20,23)(H,21,22). The normalized spacial score (nSPS) is 10.3. The molecule has 2 N–H and O–H groups in total. The van der Waals surface area contributed by atoms with Gasteiger partial charge in [-0.05, 0) is 55.3 Å². The van der Waals surface area contributed by atoms with Crippen molar-refractivity contribution in [1.82, 2.24) is 5.32 Å². The van der Waals surface area contributed by atoms with Gasteiger partial charge in [-0.1, -0.05) is 29.3 Å². The number of amides is 2. The van der Waals surface area contributed by atoms with Crippen LogP contribution in [0.25, 0.3) is 0 Å². The maximum absolute atomic E-state index is 12.0. The molecule has 120 valence electrons. The molecule has 2 rings (SSSR count). The summed E-state index contributed by atoms with van der Waals surface area (Å²) in [6.07, 6.45) is 0. The molecule has 0 atom stereocenters. The van der Waals surface area contributed by atoms with Crippen molar-refractivity contribution in [3.8, 4) is 0 Å². The molecule has 0 aromatic heterocycles. The molecule has 0 radical (unpaired) electrons. The van der Waals surface area contributed by atoms with Gasteiger partial charge in [0, 0.05) is 11.3 Å². The van der Waals surface area contributed by atoms with Gasteiger partial charge < -0.3 is 10.6 Å². The fourth-order valence-electron chi connectivity index (χ4n) is 1.92. The third kappa shape index (κ3) is 4.71. The highest BCUT2D eigenvalue weighted by atomic mass is 35.5. The fraction of sp³-hybridized carbons (Fsp3) is 0.176. The maximum atomic E-state index is 12.0. The first kappa shape index (κ1) is 17.3. The van der Waals surface area contributed by atoms with Gasteiger partial charge in [-0.25, -0.2) is 0 Å². The molecular formula is C17H16Cl2N2O2. The predicted octanol–water partition coefficient (Wildman–Crippen LogP) is 3.98. The van der Waals surface area contributed by atoms with Gasteiger partial charge in [-0.3, -0.25) is 9.59 Å². The van der Waals surface area contributed by atoms with Crippen molar-refractivity contribution in [2.75, 3.05) is 11.9 Å². The van der Waals surface area contributed by atoms with E-state index in [1.54, 1.807) is 6.07 Å². The van der Waals surface area contributed by atoms with Crippen LogP contribution in [0.2, 0.25) is 10.0 Å². The Morgan fingerprint density at radius 3 is 2.35 bits per heavy atom. The van der Waals surface area contributed by atoms with Crippen LogP contribution in [0.1, 0.15) is 21.5 Å². The van der Waals surface area contributed by atoms with E-state index < -0.39 is 0 Å². The van der Waals surface area contributed by atoms with Crippen LogP contribution in [0.4, 0.5) is 5.69 Å². The molecule has 0 fully saturated rings. The lowest BCUT2D eigenvalue weighted by Gasteiger charge is -2.09. The molecule has 2 aromatic rings. The Kier molecular flexibility index (Phi) is 5.64. The van der Waals surface area contributed by atoms with Gasteiger partial charge in [0.25, 0.3) is 5.91 Å². The van der Waals surface area contributed by atoms with Crippen LogP contribution in [0, 0.1) is 13.8 Å². The van der Waals surface area contributed by atoms with E-state index in [4.69, 9.17) is 23.2 Å². The van der Waals surface area contributed by atoms with Crippen LogP contribution in [0.5, 0.6) is 0 Å². The van der Waals surface area contributed by atoms with Crippen molar-refractivity contribution in [2.24, 2.45) is 0 Å². The Balaban J connectivity index is 1.91. The van der Waals surface area contributed by atoms with Crippen molar-refractivity contribution in [1.29, 1.82) is 0 Å². The van der Waals surface area contributed by atoms with Gasteiger partial charge in [0.05, 0.1) is 16.6 Å². The van der Waals surface area contributed by atoms with E-state index in [2.05, 4.69) is 10.6 Å². The highest BCUT2D eigenvalue weighted by Gasteiger charge is 2.10. The molecule has 0 bridgehead atoms. The molecule has 2 aromatic carbocycles. The monoisotopic (exact) mass is 350 g/mol. The van der Waals surface area contributed by atoms with Gasteiger partial charge >= 0.3 is 0 Å². The number of aryl methyl sites for hydroxylation is 2. The number of halogens is 2. The Morgan fingerprint density at radius 2 is 1.70 bits per heavy atom. The van der Waals surface area contributed by atoms with Crippen molar-refractivity contribution in [2.45, 2.75) is 13.8 Å². The molecule has 0 aliphatic heterocycles. The molecular weight excluding hydrogens is 335 g/mol. The summed E-state index contributed by atoms with van der Waals surface area (Å²) in [6.45, 7) is 3.83. The number of rotatable bonds is 4. The topological polar surface area (TPSA) is 58.2 Å². The summed E-state index contributed by atoms with van der Waals surface area (Å²) in [5.74, 6) is -0.694.